The summed E-state index contributed by atoms with van der Waals surface area (Å²) in [5.41, 5.74) is -0.677. The number of carbonyl (C=O) groups excluding carboxylic acids is 1. The third-order valence-corrected chi connectivity index (χ3v) is 6.22. The molecule has 0 spiro atoms. The Kier molecular flexibility index (Phi) is 4.72. The van der Waals surface area contributed by atoms with E-state index in [2.05, 4.69) is 0 Å². The van der Waals surface area contributed by atoms with Crippen LogP contribution in [0.25, 0.3) is 0 Å². The van der Waals surface area contributed by atoms with E-state index in [0.717, 1.165) is 12.8 Å². The highest BCUT2D eigenvalue weighted by Gasteiger charge is 2.60. The van der Waals surface area contributed by atoms with Crippen molar-refractivity contribution in [2.75, 3.05) is 7.11 Å². The Morgan fingerprint density at radius 3 is 2.64 bits per heavy atom. The maximum absolute atomic E-state index is 12.0. The number of carbonyl (C=O) groups is 1. The van der Waals surface area contributed by atoms with Gasteiger partial charge in [-0.05, 0) is 31.6 Å². The van der Waals surface area contributed by atoms with Gasteiger partial charge in [-0.3, -0.25) is 4.79 Å². The van der Waals surface area contributed by atoms with Gasteiger partial charge in [0, 0.05) is 25.4 Å². The van der Waals surface area contributed by atoms with E-state index in [-0.39, 0.29) is 17.6 Å². The SMILES string of the molecule is CO[C@@]12CC[C@H](O)[C@@H](C=C[C@H](O)C3CCCCC3)[C@@H]1CC2=O. The molecule has 2 N–H and O–H groups in total. The third-order valence-electron chi connectivity index (χ3n) is 6.22. The number of ether oxygens (including phenoxy) is 1. The number of hydrogen-bond acceptors (Lipinski definition) is 4. The molecule has 4 nitrogen and oxygen atoms in total. The molecule has 0 radical (unpaired) electrons. The van der Waals surface area contributed by atoms with Crippen LogP contribution in [0.3, 0.4) is 0 Å². The van der Waals surface area contributed by atoms with Gasteiger partial charge in [-0.15, -0.1) is 0 Å². The second-order valence-electron chi connectivity index (χ2n) is 7.28. The summed E-state index contributed by atoms with van der Waals surface area (Å²) in [5.74, 6) is 0.493. The lowest BCUT2D eigenvalue weighted by Gasteiger charge is -2.54. The molecule has 3 saturated carbocycles. The molecule has 0 aromatic carbocycles. The van der Waals surface area contributed by atoms with Crippen molar-refractivity contribution in [1.82, 2.24) is 0 Å². The minimum Gasteiger partial charge on any atom is -0.393 e. The Morgan fingerprint density at radius 1 is 1.27 bits per heavy atom. The van der Waals surface area contributed by atoms with E-state index in [1.807, 2.05) is 12.2 Å². The molecule has 0 aliphatic heterocycles. The van der Waals surface area contributed by atoms with Crippen LogP contribution in [-0.4, -0.2) is 40.9 Å². The highest BCUT2D eigenvalue weighted by molar-refractivity contribution is 5.94. The summed E-state index contributed by atoms with van der Waals surface area (Å²) in [6.45, 7) is 0. The summed E-state index contributed by atoms with van der Waals surface area (Å²) in [6.07, 6.45) is 10.5. The van der Waals surface area contributed by atoms with Gasteiger partial charge in [0.25, 0.3) is 0 Å². The molecule has 0 heterocycles. The first-order valence-corrected chi connectivity index (χ1v) is 8.71. The standard InChI is InChI=1S/C18H28O4/c1-22-18-10-9-16(20)13(14(18)11-17(18)21)7-8-15(19)12-5-3-2-4-6-12/h7-8,12-16,19-20H,2-6,9-11H2,1H3/t13-,14-,15-,16-,18-/m0/s1. The molecule has 22 heavy (non-hydrogen) atoms. The van der Waals surface area contributed by atoms with Crippen LogP contribution in [0.15, 0.2) is 12.2 Å². The van der Waals surface area contributed by atoms with Crippen LogP contribution >= 0.6 is 0 Å². The van der Waals surface area contributed by atoms with E-state index in [1.165, 1.54) is 19.3 Å². The first kappa shape index (κ1) is 16.2. The van der Waals surface area contributed by atoms with Crippen molar-refractivity contribution in [3.05, 3.63) is 12.2 Å². The number of ketones is 1. The first-order chi connectivity index (χ1) is 10.6. The van der Waals surface area contributed by atoms with Gasteiger partial charge in [0.05, 0.1) is 12.2 Å². The van der Waals surface area contributed by atoms with E-state index in [4.69, 9.17) is 4.74 Å². The van der Waals surface area contributed by atoms with E-state index in [1.54, 1.807) is 7.11 Å². The van der Waals surface area contributed by atoms with Gasteiger partial charge in [0.2, 0.25) is 0 Å². The van der Waals surface area contributed by atoms with Crippen LogP contribution in [0.5, 0.6) is 0 Å². The zero-order chi connectivity index (χ0) is 15.7. The lowest BCUT2D eigenvalue weighted by molar-refractivity contribution is -0.191. The molecular weight excluding hydrogens is 280 g/mol. The molecular formula is C18H28O4. The average Bonchev–Trinajstić information content (AvgIpc) is 2.54. The minimum absolute atomic E-state index is 0.0588. The highest BCUT2D eigenvalue weighted by Crippen LogP contribution is 2.51. The first-order valence-electron chi connectivity index (χ1n) is 8.71. The number of hydrogen-bond donors (Lipinski definition) is 2. The maximum Gasteiger partial charge on any atom is 0.165 e. The fourth-order valence-electron chi connectivity index (χ4n) is 4.71. The van der Waals surface area contributed by atoms with Gasteiger partial charge in [0.15, 0.2) is 5.78 Å². The number of aliphatic hydroxyl groups is 2. The van der Waals surface area contributed by atoms with Crippen molar-refractivity contribution in [2.45, 2.75) is 69.2 Å². The minimum atomic E-state index is -0.677. The van der Waals surface area contributed by atoms with Gasteiger partial charge < -0.3 is 14.9 Å². The lowest BCUT2D eigenvalue weighted by atomic mass is 9.55. The van der Waals surface area contributed by atoms with Crippen LogP contribution in [0, 0.1) is 17.8 Å². The maximum atomic E-state index is 12.0. The molecule has 4 heteroatoms. The molecule has 124 valence electrons. The third kappa shape index (κ3) is 2.66. The number of methoxy groups -OCH3 is 1. The van der Waals surface area contributed by atoms with Gasteiger partial charge in [-0.2, -0.15) is 0 Å². The summed E-state index contributed by atoms with van der Waals surface area (Å²) in [4.78, 5) is 12.0. The zero-order valence-corrected chi connectivity index (χ0v) is 13.4. The Labute approximate surface area is 132 Å². The van der Waals surface area contributed by atoms with Gasteiger partial charge >= 0.3 is 0 Å². The number of Topliss-reactive ketones (excluding diaryl/α,β-unsaturated/α-hetero) is 1. The van der Waals surface area contributed by atoms with Crippen molar-refractivity contribution in [3.63, 3.8) is 0 Å². The summed E-state index contributed by atoms with van der Waals surface area (Å²) in [7, 11) is 1.60. The molecule has 3 rings (SSSR count). The van der Waals surface area contributed by atoms with Crippen molar-refractivity contribution < 1.29 is 19.7 Å². The van der Waals surface area contributed by atoms with E-state index in [0.29, 0.717) is 25.2 Å². The van der Waals surface area contributed by atoms with Crippen LogP contribution in [0.4, 0.5) is 0 Å². The lowest BCUT2D eigenvalue weighted by Crippen LogP contribution is -2.64. The van der Waals surface area contributed by atoms with Crippen LogP contribution in [0.2, 0.25) is 0 Å². The molecule has 5 atom stereocenters. The Bertz CT molecular complexity index is 440. The summed E-state index contributed by atoms with van der Waals surface area (Å²) >= 11 is 0. The molecule has 0 amide bonds. The fourth-order valence-corrected chi connectivity index (χ4v) is 4.71. The van der Waals surface area contributed by atoms with Crippen LogP contribution in [-0.2, 0) is 9.53 Å². The highest BCUT2D eigenvalue weighted by atomic mass is 16.5. The molecule has 3 aliphatic rings. The molecule has 0 unspecified atom stereocenters. The van der Waals surface area contributed by atoms with Crippen molar-refractivity contribution >= 4 is 5.78 Å². The summed E-state index contributed by atoms with van der Waals surface area (Å²) in [6, 6.07) is 0. The normalized spacial score (nSPS) is 41.2. The molecule has 0 saturated heterocycles. The number of rotatable bonds is 4. The Morgan fingerprint density at radius 2 is 2.00 bits per heavy atom. The predicted octanol–water partition coefficient (Wildman–Crippen LogP) is 2.23. The summed E-state index contributed by atoms with van der Waals surface area (Å²) < 4.78 is 5.53. The summed E-state index contributed by atoms with van der Waals surface area (Å²) in [5, 5.41) is 20.7. The van der Waals surface area contributed by atoms with Gasteiger partial charge in [-0.25, -0.2) is 0 Å². The van der Waals surface area contributed by atoms with E-state index < -0.39 is 17.8 Å². The average molecular weight is 308 g/mol. The Balaban J connectivity index is 1.67. The molecule has 0 aromatic rings. The van der Waals surface area contributed by atoms with Crippen molar-refractivity contribution in [2.24, 2.45) is 17.8 Å². The molecule has 3 fully saturated rings. The van der Waals surface area contributed by atoms with Crippen LogP contribution < -0.4 is 0 Å². The number of fused-ring (bicyclic) bond motifs is 1. The largest absolute Gasteiger partial charge is 0.393 e. The molecule has 0 bridgehead atoms. The second kappa shape index (κ2) is 6.42. The van der Waals surface area contributed by atoms with Crippen molar-refractivity contribution in [1.29, 1.82) is 0 Å². The van der Waals surface area contributed by atoms with Gasteiger partial charge in [-0.1, -0.05) is 31.4 Å². The van der Waals surface area contributed by atoms with Crippen molar-refractivity contribution in [3.8, 4) is 0 Å². The quantitative estimate of drug-likeness (QED) is 0.782. The Hall–Kier alpha value is -0.710. The smallest absolute Gasteiger partial charge is 0.165 e. The monoisotopic (exact) mass is 308 g/mol. The van der Waals surface area contributed by atoms with E-state index >= 15 is 0 Å². The van der Waals surface area contributed by atoms with E-state index in [9.17, 15) is 15.0 Å². The fraction of sp³-hybridized carbons (Fsp3) is 0.833. The predicted molar refractivity (Wildman–Crippen MR) is 83.3 cm³/mol. The topological polar surface area (TPSA) is 66.8 Å². The van der Waals surface area contributed by atoms with Gasteiger partial charge in [0.1, 0.15) is 5.60 Å². The zero-order valence-electron chi connectivity index (χ0n) is 13.4. The molecule has 0 aromatic heterocycles. The van der Waals surface area contributed by atoms with Crippen LogP contribution in [0.1, 0.15) is 51.4 Å². The second-order valence-corrected chi connectivity index (χ2v) is 7.28. The molecule has 3 aliphatic carbocycles. The number of aliphatic hydroxyl groups excluding tert-OH is 2.